The molecule has 1 atom stereocenters. The molecule has 0 amide bonds. The largest absolute Gasteiger partial charge is 0.364 e. The van der Waals surface area contributed by atoms with Crippen LogP contribution < -0.4 is 5.32 Å². The van der Waals surface area contributed by atoms with E-state index in [0.29, 0.717) is 4.90 Å². The van der Waals surface area contributed by atoms with Gasteiger partial charge in [0.1, 0.15) is 0 Å². The van der Waals surface area contributed by atoms with Gasteiger partial charge in [0, 0.05) is 19.3 Å². The third-order valence-electron chi connectivity index (χ3n) is 4.61. The Morgan fingerprint density at radius 3 is 2.43 bits per heavy atom. The van der Waals surface area contributed by atoms with E-state index >= 15 is 0 Å². The van der Waals surface area contributed by atoms with E-state index in [-0.39, 0.29) is 11.7 Å². The van der Waals surface area contributed by atoms with E-state index in [4.69, 9.17) is 4.74 Å². The van der Waals surface area contributed by atoms with Crippen LogP contribution in [0.25, 0.3) is 0 Å². The minimum Gasteiger partial charge on any atom is -0.364 e. The van der Waals surface area contributed by atoms with Gasteiger partial charge < -0.3 is 10.1 Å². The zero-order chi connectivity index (χ0) is 14.9. The SMILES string of the molecule is CS(=O)(=O)c1ccc(C2CNCC3(CCCCC3)O2)cc1. The van der Waals surface area contributed by atoms with Gasteiger partial charge in [0.2, 0.25) is 0 Å². The van der Waals surface area contributed by atoms with Crippen molar-refractivity contribution in [2.75, 3.05) is 19.3 Å². The second-order valence-electron chi connectivity index (χ2n) is 6.32. The molecule has 116 valence electrons. The van der Waals surface area contributed by atoms with Crippen LogP contribution in [0.15, 0.2) is 29.2 Å². The molecular formula is C16H23NO3S. The zero-order valence-corrected chi connectivity index (χ0v) is 13.3. The van der Waals surface area contributed by atoms with Crippen molar-refractivity contribution in [3.8, 4) is 0 Å². The highest BCUT2D eigenvalue weighted by Crippen LogP contribution is 2.37. The third kappa shape index (κ3) is 3.30. The molecule has 1 heterocycles. The number of nitrogens with one attached hydrogen (secondary N) is 1. The van der Waals surface area contributed by atoms with Gasteiger partial charge in [0.05, 0.1) is 16.6 Å². The fourth-order valence-electron chi connectivity index (χ4n) is 3.42. The van der Waals surface area contributed by atoms with Gasteiger partial charge in [-0.3, -0.25) is 0 Å². The fraction of sp³-hybridized carbons (Fsp3) is 0.625. The average molecular weight is 309 g/mol. The first-order valence-electron chi connectivity index (χ1n) is 7.67. The van der Waals surface area contributed by atoms with E-state index in [0.717, 1.165) is 31.5 Å². The maximum atomic E-state index is 11.5. The molecule has 4 nitrogen and oxygen atoms in total. The number of benzene rings is 1. The van der Waals surface area contributed by atoms with Crippen molar-refractivity contribution >= 4 is 9.84 Å². The third-order valence-corrected chi connectivity index (χ3v) is 5.74. The second-order valence-corrected chi connectivity index (χ2v) is 8.34. The van der Waals surface area contributed by atoms with E-state index in [1.807, 2.05) is 12.1 Å². The summed E-state index contributed by atoms with van der Waals surface area (Å²) in [6.07, 6.45) is 7.28. The molecule has 1 saturated heterocycles. The Balaban J connectivity index is 1.77. The summed E-state index contributed by atoms with van der Waals surface area (Å²) in [5, 5.41) is 3.50. The van der Waals surface area contributed by atoms with Crippen molar-refractivity contribution in [3.05, 3.63) is 29.8 Å². The summed E-state index contributed by atoms with van der Waals surface area (Å²) in [7, 11) is -3.13. The number of morpholine rings is 1. The van der Waals surface area contributed by atoms with Crippen LogP contribution in [0, 0.1) is 0 Å². The lowest BCUT2D eigenvalue weighted by atomic mass is 9.83. The normalized spacial score (nSPS) is 25.9. The van der Waals surface area contributed by atoms with Crippen molar-refractivity contribution in [1.82, 2.24) is 5.32 Å². The number of sulfone groups is 1. The number of hydrogen-bond acceptors (Lipinski definition) is 4. The monoisotopic (exact) mass is 309 g/mol. The molecule has 1 N–H and O–H groups in total. The van der Waals surface area contributed by atoms with Gasteiger partial charge in [-0.15, -0.1) is 0 Å². The van der Waals surface area contributed by atoms with Gasteiger partial charge in [0.25, 0.3) is 0 Å². The van der Waals surface area contributed by atoms with Crippen LogP contribution >= 0.6 is 0 Å². The Bertz CT molecular complexity index is 583. The summed E-state index contributed by atoms with van der Waals surface area (Å²) in [5.41, 5.74) is 1.04. The molecule has 0 aromatic heterocycles. The van der Waals surface area contributed by atoms with Gasteiger partial charge in [-0.25, -0.2) is 8.42 Å². The van der Waals surface area contributed by atoms with Gasteiger partial charge in [-0.05, 0) is 30.5 Å². The van der Waals surface area contributed by atoms with Crippen LogP contribution in [-0.4, -0.2) is 33.4 Å². The van der Waals surface area contributed by atoms with Crippen LogP contribution in [0.2, 0.25) is 0 Å². The molecule has 1 aliphatic heterocycles. The molecule has 1 aliphatic carbocycles. The Labute approximate surface area is 126 Å². The molecule has 1 spiro atoms. The van der Waals surface area contributed by atoms with E-state index in [1.54, 1.807) is 12.1 Å². The van der Waals surface area contributed by atoms with Crippen LogP contribution in [-0.2, 0) is 14.6 Å². The van der Waals surface area contributed by atoms with Gasteiger partial charge >= 0.3 is 0 Å². The zero-order valence-electron chi connectivity index (χ0n) is 12.5. The predicted molar refractivity (Wildman–Crippen MR) is 82.1 cm³/mol. The quantitative estimate of drug-likeness (QED) is 0.912. The molecule has 21 heavy (non-hydrogen) atoms. The standard InChI is InChI=1S/C16H23NO3S/c1-21(18,19)14-7-5-13(6-8-14)15-11-17-12-16(20-15)9-3-2-4-10-16/h5-8,15,17H,2-4,9-12H2,1H3. The van der Waals surface area contributed by atoms with Crippen molar-refractivity contribution in [2.45, 2.75) is 48.7 Å². The number of rotatable bonds is 2. The Morgan fingerprint density at radius 2 is 1.81 bits per heavy atom. The molecule has 1 saturated carbocycles. The van der Waals surface area contributed by atoms with E-state index in [2.05, 4.69) is 5.32 Å². The van der Waals surface area contributed by atoms with E-state index in [1.165, 1.54) is 25.5 Å². The Kier molecular flexibility index (Phi) is 4.08. The van der Waals surface area contributed by atoms with Crippen molar-refractivity contribution in [1.29, 1.82) is 0 Å². The molecule has 2 aliphatic rings. The Hall–Kier alpha value is -0.910. The highest BCUT2D eigenvalue weighted by molar-refractivity contribution is 7.90. The molecule has 0 radical (unpaired) electrons. The summed E-state index contributed by atoms with van der Waals surface area (Å²) in [6, 6.07) is 7.11. The fourth-order valence-corrected chi connectivity index (χ4v) is 4.05. The summed E-state index contributed by atoms with van der Waals surface area (Å²) >= 11 is 0. The molecular weight excluding hydrogens is 286 g/mol. The predicted octanol–water partition coefficient (Wildman–Crippen LogP) is 2.45. The molecule has 0 bridgehead atoms. The maximum Gasteiger partial charge on any atom is 0.175 e. The number of hydrogen-bond donors (Lipinski definition) is 1. The minimum atomic E-state index is -3.13. The highest BCUT2D eigenvalue weighted by atomic mass is 32.2. The summed E-state index contributed by atoms with van der Waals surface area (Å²) in [5.74, 6) is 0. The molecule has 2 fully saturated rings. The summed E-state index contributed by atoms with van der Waals surface area (Å²) in [4.78, 5) is 0.363. The first-order chi connectivity index (χ1) is 9.99. The van der Waals surface area contributed by atoms with Crippen molar-refractivity contribution in [2.24, 2.45) is 0 Å². The van der Waals surface area contributed by atoms with Crippen LogP contribution in [0.4, 0.5) is 0 Å². The summed E-state index contributed by atoms with van der Waals surface area (Å²) in [6.45, 7) is 1.73. The Morgan fingerprint density at radius 1 is 1.14 bits per heavy atom. The lowest BCUT2D eigenvalue weighted by Gasteiger charge is -2.44. The van der Waals surface area contributed by atoms with Crippen LogP contribution in [0.5, 0.6) is 0 Å². The molecule has 1 aromatic rings. The maximum absolute atomic E-state index is 11.5. The summed E-state index contributed by atoms with van der Waals surface area (Å²) < 4.78 is 29.5. The van der Waals surface area contributed by atoms with Gasteiger partial charge in [0.15, 0.2) is 9.84 Å². The van der Waals surface area contributed by atoms with Gasteiger partial charge in [-0.1, -0.05) is 31.4 Å². The van der Waals surface area contributed by atoms with Crippen LogP contribution in [0.3, 0.4) is 0 Å². The van der Waals surface area contributed by atoms with Crippen molar-refractivity contribution < 1.29 is 13.2 Å². The lowest BCUT2D eigenvalue weighted by Crippen LogP contribution is -2.51. The highest BCUT2D eigenvalue weighted by Gasteiger charge is 2.38. The first kappa shape index (κ1) is 15.0. The van der Waals surface area contributed by atoms with E-state index < -0.39 is 9.84 Å². The second kappa shape index (κ2) is 5.71. The van der Waals surface area contributed by atoms with Crippen LogP contribution in [0.1, 0.15) is 43.8 Å². The smallest absolute Gasteiger partial charge is 0.175 e. The minimum absolute atomic E-state index is 0.0172. The molecule has 3 rings (SSSR count). The molecule has 5 heteroatoms. The first-order valence-corrected chi connectivity index (χ1v) is 9.56. The van der Waals surface area contributed by atoms with Crippen molar-refractivity contribution in [3.63, 3.8) is 0 Å². The average Bonchev–Trinajstić information content (AvgIpc) is 2.47. The molecule has 1 aromatic carbocycles. The van der Waals surface area contributed by atoms with Gasteiger partial charge in [-0.2, -0.15) is 0 Å². The topological polar surface area (TPSA) is 55.4 Å². The molecule has 1 unspecified atom stereocenters. The number of ether oxygens (including phenoxy) is 1. The van der Waals surface area contributed by atoms with E-state index in [9.17, 15) is 8.42 Å². The lowest BCUT2D eigenvalue weighted by molar-refractivity contribution is -0.135.